The van der Waals surface area contributed by atoms with Gasteiger partial charge in [-0.3, -0.25) is 9.69 Å². The van der Waals surface area contributed by atoms with Crippen LogP contribution in [-0.4, -0.2) is 42.2 Å². The van der Waals surface area contributed by atoms with Gasteiger partial charge in [0.15, 0.2) is 0 Å². The second kappa shape index (κ2) is 8.41. The molecule has 6 heteroatoms. The average Bonchev–Trinajstić information content (AvgIpc) is 3.38. The van der Waals surface area contributed by atoms with Crippen LogP contribution < -0.4 is 5.32 Å². The Morgan fingerprint density at radius 1 is 1.16 bits per heavy atom. The van der Waals surface area contributed by atoms with Crippen molar-refractivity contribution in [3.8, 4) is 0 Å². The van der Waals surface area contributed by atoms with Crippen LogP contribution in [-0.2, 0) is 19.7 Å². The summed E-state index contributed by atoms with van der Waals surface area (Å²) in [4.78, 5) is 29.8. The minimum atomic E-state index is -0.440. The highest BCUT2D eigenvalue weighted by atomic mass is 32.2. The van der Waals surface area contributed by atoms with Gasteiger partial charge in [0.2, 0.25) is 0 Å². The van der Waals surface area contributed by atoms with Gasteiger partial charge >= 0.3 is 5.97 Å². The van der Waals surface area contributed by atoms with Gasteiger partial charge in [-0.2, -0.15) is 0 Å². The van der Waals surface area contributed by atoms with Gasteiger partial charge in [0.1, 0.15) is 5.78 Å². The molecular formula is C26H28N2O3S. The molecule has 0 saturated carbocycles. The van der Waals surface area contributed by atoms with Crippen molar-refractivity contribution >= 4 is 29.2 Å². The number of carbonyl (C=O) groups is 2. The molecule has 0 aromatic heterocycles. The SMILES string of the molecule is CCC(=O)[C@@H]1C[C@@H]2N(CSc3ccccc3)CC[C@]23C(=C1C(=O)OC)Nc1ccccc13. The Bertz CT molecular complexity index is 1080. The Hall–Kier alpha value is -2.57. The lowest BCUT2D eigenvalue weighted by atomic mass is 9.63. The van der Waals surface area contributed by atoms with Crippen LogP contribution in [0.2, 0.25) is 0 Å². The van der Waals surface area contributed by atoms with Crippen molar-refractivity contribution in [1.82, 2.24) is 4.90 Å². The lowest BCUT2D eigenvalue weighted by Gasteiger charge is -2.43. The maximum Gasteiger partial charge on any atom is 0.336 e. The Morgan fingerprint density at radius 2 is 1.91 bits per heavy atom. The Kier molecular flexibility index (Phi) is 5.59. The maximum absolute atomic E-state index is 13.0. The van der Waals surface area contributed by atoms with E-state index in [2.05, 4.69) is 52.7 Å². The van der Waals surface area contributed by atoms with Gasteiger partial charge in [0.05, 0.1) is 24.0 Å². The third-order valence-electron chi connectivity index (χ3n) is 7.28. The van der Waals surface area contributed by atoms with E-state index >= 15 is 0 Å². The maximum atomic E-state index is 13.0. The molecule has 1 N–H and O–H groups in total. The summed E-state index contributed by atoms with van der Waals surface area (Å²) in [5.41, 5.74) is 3.39. The zero-order valence-electron chi connectivity index (χ0n) is 18.5. The topological polar surface area (TPSA) is 58.6 Å². The van der Waals surface area contributed by atoms with Gasteiger partial charge in [0.25, 0.3) is 0 Å². The normalized spacial score (nSPS) is 26.2. The standard InChI is InChI=1S/C26H28N2O3S/c1-3-21(29)18-15-22-26(13-14-28(22)16-32-17-9-5-4-6-10-17)19-11-7-8-12-20(19)27-24(26)23(18)25(30)31-2/h4-12,18,22,27H,3,13-16H2,1-2H3/t18-,22-,26+/m0/s1. The molecule has 1 saturated heterocycles. The first-order valence-corrected chi connectivity index (χ1v) is 12.2. The molecule has 1 spiro atoms. The average molecular weight is 449 g/mol. The number of likely N-dealkylation sites (tertiary alicyclic amines) is 1. The quantitative estimate of drug-likeness (QED) is 0.515. The Balaban J connectivity index is 1.59. The molecule has 1 fully saturated rings. The summed E-state index contributed by atoms with van der Waals surface area (Å²) >= 11 is 1.83. The van der Waals surface area contributed by atoms with Crippen molar-refractivity contribution in [2.45, 2.75) is 42.5 Å². The van der Waals surface area contributed by atoms with Crippen LogP contribution in [0.25, 0.3) is 0 Å². The summed E-state index contributed by atoms with van der Waals surface area (Å²) in [6, 6.07) is 18.9. The van der Waals surface area contributed by atoms with Crippen molar-refractivity contribution in [2.75, 3.05) is 24.8 Å². The molecular weight excluding hydrogens is 420 g/mol. The third-order valence-corrected chi connectivity index (χ3v) is 8.34. The highest BCUT2D eigenvalue weighted by molar-refractivity contribution is 7.99. The van der Waals surface area contributed by atoms with Crippen molar-refractivity contribution in [3.63, 3.8) is 0 Å². The van der Waals surface area contributed by atoms with E-state index in [1.165, 1.54) is 17.6 Å². The lowest BCUT2D eigenvalue weighted by molar-refractivity contribution is -0.139. The highest BCUT2D eigenvalue weighted by Gasteiger charge is 2.60. The van der Waals surface area contributed by atoms with Crippen LogP contribution in [0.4, 0.5) is 5.69 Å². The van der Waals surface area contributed by atoms with Crippen LogP contribution >= 0.6 is 11.8 Å². The van der Waals surface area contributed by atoms with Crippen molar-refractivity contribution < 1.29 is 14.3 Å². The number of hydrogen-bond acceptors (Lipinski definition) is 6. The first-order chi connectivity index (χ1) is 15.6. The van der Waals surface area contributed by atoms with E-state index in [0.717, 1.165) is 30.2 Å². The molecule has 0 bridgehead atoms. The number of Topliss-reactive ketones (excluding diaryl/α,β-unsaturated/α-hetero) is 1. The predicted octanol–water partition coefficient (Wildman–Crippen LogP) is 4.60. The Morgan fingerprint density at radius 3 is 2.66 bits per heavy atom. The van der Waals surface area contributed by atoms with Gasteiger partial charge in [0, 0.05) is 41.2 Å². The number of nitrogens with one attached hydrogen (secondary N) is 1. The zero-order chi connectivity index (χ0) is 22.3. The van der Waals surface area contributed by atoms with Crippen molar-refractivity contribution in [3.05, 3.63) is 71.4 Å². The molecule has 2 heterocycles. The van der Waals surface area contributed by atoms with E-state index in [9.17, 15) is 9.59 Å². The summed E-state index contributed by atoms with van der Waals surface area (Å²) in [6.45, 7) is 2.80. The first-order valence-electron chi connectivity index (χ1n) is 11.2. The van der Waals surface area contributed by atoms with E-state index in [0.29, 0.717) is 18.4 Å². The molecule has 32 heavy (non-hydrogen) atoms. The summed E-state index contributed by atoms with van der Waals surface area (Å²) in [7, 11) is 1.40. The molecule has 0 amide bonds. The first kappa shape index (κ1) is 21.3. The molecule has 3 atom stereocenters. The molecule has 5 nitrogen and oxygen atoms in total. The van der Waals surface area contributed by atoms with Crippen LogP contribution in [0.3, 0.4) is 0 Å². The smallest absolute Gasteiger partial charge is 0.336 e. The predicted molar refractivity (Wildman–Crippen MR) is 126 cm³/mol. The highest BCUT2D eigenvalue weighted by Crippen LogP contribution is 2.59. The molecule has 2 aliphatic heterocycles. The molecule has 166 valence electrons. The molecule has 1 aliphatic carbocycles. The zero-order valence-corrected chi connectivity index (χ0v) is 19.3. The second-order valence-corrected chi connectivity index (χ2v) is 9.71. The van der Waals surface area contributed by atoms with E-state index in [4.69, 9.17) is 4.74 Å². The number of hydrogen-bond donors (Lipinski definition) is 1. The molecule has 0 unspecified atom stereocenters. The number of para-hydroxylation sites is 1. The largest absolute Gasteiger partial charge is 0.466 e. The summed E-state index contributed by atoms with van der Waals surface area (Å²) in [5.74, 6) is 0.130. The number of fused-ring (bicyclic) bond motifs is 1. The minimum absolute atomic E-state index is 0.104. The van der Waals surface area contributed by atoms with Gasteiger partial charge in [-0.1, -0.05) is 43.3 Å². The lowest BCUT2D eigenvalue weighted by Crippen LogP contribution is -2.50. The van der Waals surface area contributed by atoms with Gasteiger partial charge in [-0.25, -0.2) is 4.79 Å². The monoisotopic (exact) mass is 448 g/mol. The second-order valence-electron chi connectivity index (χ2n) is 8.69. The number of nitrogens with zero attached hydrogens (tertiary/aromatic N) is 1. The third kappa shape index (κ3) is 3.20. The number of rotatable bonds is 6. The van der Waals surface area contributed by atoms with E-state index in [-0.39, 0.29) is 23.2 Å². The molecule has 3 aliphatic rings. The molecule has 5 rings (SSSR count). The number of thioether (sulfide) groups is 1. The number of ketones is 1. The van der Waals surface area contributed by atoms with Crippen LogP contribution in [0.5, 0.6) is 0 Å². The van der Waals surface area contributed by atoms with Crippen molar-refractivity contribution in [2.24, 2.45) is 5.92 Å². The fourth-order valence-electron chi connectivity index (χ4n) is 5.82. The molecule has 2 aromatic rings. The van der Waals surface area contributed by atoms with Crippen molar-refractivity contribution in [1.29, 1.82) is 0 Å². The number of ether oxygens (including phenoxy) is 1. The summed E-state index contributed by atoms with van der Waals surface area (Å²) in [6.07, 6.45) is 1.97. The van der Waals surface area contributed by atoms with E-state index in [1.807, 2.05) is 30.8 Å². The number of benzene rings is 2. The number of carbonyl (C=O) groups excluding carboxylic acids is 2. The van der Waals surface area contributed by atoms with E-state index < -0.39 is 5.92 Å². The van der Waals surface area contributed by atoms with Crippen LogP contribution in [0.15, 0.2) is 70.8 Å². The molecule has 2 aromatic carbocycles. The number of anilines is 1. The van der Waals surface area contributed by atoms with Gasteiger partial charge < -0.3 is 10.1 Å². The summed E-state index contributed by atoms with van der Waals surface area (Å²) in [5, 5.41) is 3.56. The van der Waals surface area contributed by atoms with Gasteiger partial charge in [-0.15, -0.1) is 11.8 Å². The van der Waals surface area contributed by atoms with Crippen LogP contribution in [0, 0.1) is 5.92 Å². The van der Waals surface area contributed by atoms with Gasteiger partial charge in [-0.05, 0) is 36.6 Å². The molecule has 0 radical (unpaired) electrons. The van der Waals surface area contributed by atoms with E-state index in [1.54, 1.807) is 0 Å². The fourth-order valence-corrected chi connectivity index (χ4v) is 6.79. The van der Waals surface area contributed by atoms with Crippen LogP contribution in [0.1, 0.15) is 31.7 Å². The number of esters is 1. The fraction of sp³-hybridized carbons (Fsp3) is 0.385. The summed E-state index contributed by atoms with van der Waals surface area (Å²) < 4.78 is 5.19. The Labute approximate surface area is 193 Å². The minimum Gasteiger partial charge on any atom is -0.466 e. The number of methoxy groups -OCH3 is 1.